The van der Waals surface area contributed by atoms with Gasteiger partial charge in [0.15, 0.2) is 0 Å². The number of thiazole rings is 1. The summed E-state index contributed by atoms with van der Waals surface area (Å²) in [7, 11) is 0. The summed E-state index contributed by atoms with van der Waals surface area (Å²) in [4.78, 5) is 17.4. The SMILES string of the molecule is Brc1cnc(Nc2ccc3ncsc3c2)nc1NCc1ccccn1. The molecular formula is C17H13BrN6S. The summed E-state index contributed by atoms with van der Waals surface area (Å²) in [6.45, 7) is 0.586. The van der Waals surface area contributed by atoms with Crippen molar-refractivity contribution in [1.29, 1.82) is 0 Å². The average molecular weight is 413 g/mol. The van der Waals surface area contributed by atoms with Gasteiger partial charge >= 0.3 is 0 Å². The fourth-order valence-corrected chi connectivity index (χ4v) is 3.34. The molecule has 0 fully saturated rings. The Kier molecular flexibility index (Phi) is 4.53. The van der Waals surface area contributed by atoms with E-state index in [1.807, 2.05) is 41.9 Å². The molecule has 0 aliphatic carbocycles. The zero-order valence-corrected chi connectivity index (χ0v) is 15.4. The summed E-state index contributed by atoms with van der Waals surface area (Å²) < 4.78 is 1.92. The Labute approximate surface area is 156 Å². The van der Waals surface area contributed by atoms with Crippen LogP contribution in [0.25, 0.3) is 10.2 Å². The van der Waals surface area contributed by atoms with E-state index in [1.54, 1.807) is 23.7 Å². The second kappa shape index (κ2) is 7.12. The number of halogens is 1. The molecule has 0 radical (unpaired) electrons. The van der Waals surface area contributed by atoms with Crippen molar-refractivity contribution in [2.24, 2.45) is 0 Å². The molecule has 1 aromatic carbocycles. The van der Waals surface area contributed by atoms with Gasteiger partial charge in [-0.15, -0.1) is 11.3 Å². The van der Waals surface area contributed by atoms with Crippen molar-refractivity contribution < 1.29 is 0 Å². The third-order valence-electron chi connectivity index (χ3n) is 3.49. The first-order valence-electron chi connectivity index (χ1n) is 7.54. The third-order valence-corrected chi connectivity index (χ3v) is 4.87. The number of rotatable bonds is 5. The Hall–Kier alpha value is -2.58. The first-order valence-corrected chi connectivity index (χ1v) is 9.22. The molecular weight excluding hydrogens is 400 g/mol. The lowest BCUT2D eigenvalue weighted by Crippen LogP contribution is -2.06. The predicted octanol–water partition coefficient (Wildman–Crippen LogP) is 4.60. The lowest BCUT2D eigenvalue weighted by molar-refractivity contribution is 1.02. The molecule has 0 spiro atoms. The molecule has 6 nitrogen and oxygen atoms in total. The molecule has 3 heterocycles. The Morgan fingerprint density at radius 2 is 2.04 bits per heavy atom. The molecule has 0 amide bonds. The van der Waals surface area contributed by atoms with Gasteiger partial charge < -0.3 is 10.6 Å². The maximum Gasteiger partial charge on any atom is 0.229 e. The van der Waals surface area contributed by atoms with Crippen molar-refractivity contribution in [1.82, 2.24) is 19.9 Å². The number of hydrogen-bond donors (Lipinski definition) is 2. The van der Waals surface area contributed by atoms with Gasteiger partial charge in [-0.1, -0.05) is 6.07 Å². The lowest BCUT2D eigenvalue weighted by atomic mass is 10.3. The molecule has 124 valence electrons. The van der Waals surface area contributed by atoms with Gasteiger partial charge in [-0.05, 0) is 46.3 Å². The van der Waals surface area contributed by atoms with Crippen LogP contribution in [0, 0.1) is 0 Å². The minimum atomic E-state index is 0.524. The van der Waals surface area contributed by atoms with Crippen LogP contribution in [-0.4, -0.2) is 19.9 Å². The Morgan fingerprint density at radius 1 is 1.08 bits per heavy atom. The Balaban J connectivity index is 1.52. The molecule has 3 aromatic heterocycles. The molecule has 0 aliphatic heterocycles. The number of hydrogen-bond acceptors (Lipinski definition) is 7. The Morgan fingerprint density at radius 3 is 2.92 bits per heavy atom. The second-order valence-electron chi connectivity index (χ2n) is 5.22. The largest absolute Gasteiger partial charge is 0.363 e. The van der Waals surface area contributed by atoms with Gasteiger partial charge in [0, 0.05) is 18.1 Å². The molecule has 0 saturated carbocycles. The minimum absolute atomic E-state index is 0.524. The maximum absolute atomic E-state index is 4.53. The van der Waals surface area contributed by atoms with E-state index in [9.17, 15) is 0 Å². The maximum atomic E-state index is 4.53. The van der Waals surface area contributed by atoms with E-state index in [2.05, 4.69) is 46.5 Å². The zero-order valence-electron chi connectivity index (χ0n) is 13.0. The summed E-state index contributed by atoms with van der Waals surface area (Å²) in [5.74, 6) is 1.23. The van der Waals surface area contributed by atoms with Crippen LogP contribution in [0.2, 0.25) is 0 Å². The Bertz CT molecular complexity index is 1000. The van der Waals surface area contributed by atoms with E-state index < -0.39 is 0 Å². The number of aromatic nitrogens is 4. The molecule has 8 heteroatoms. The van der Waals surface area contributed by atoms with Crippen LogP contribution in [0.1, 0.15) is 5.69 Å². The molecule has 0 atom stereocenters. The molecule has 0 bridgehead atoms. The first-order chi connectivity index (χ1) is 12.3. The van der Waals surface area contributed by atoms with Crippen LogP contribution in [0.15, 0.2) is 58.8 Å². The highest BCUT2D eigenvalue weighted by Gasteiger charge is 2.07. The van der Waals surface area contributed by atoms with Crippen molar-refractivity contribution in [3.05, 3.63) is 64.5 Å². The quantitative estimate of drug-likeness (QED) is 0.498. The van der Waals surface area contributed by atoms with Gasteiger partial charge in [0.25, 0.3) is 0 Å². The van der Waals surface area contributed by atoms with Crippen molar-refractivity contribution >= 4 is 54.9 Å². The first kappa shape index (κ1) is 15.9. The minimum Gasteiger partial charge on any atom is -0.363 e. The molecule has 2 N–H and O–H groups in total. The molecule has 0 unspecified atom stereocenters. The van der Waals surface area contributed by atoms with Crippen molar-refractivity contribution in [3.8, 4) is 0 Å². The smallest absolute Gasteiger partial charge is 0.229 e. The highest BCUT2D eigenvalue weighted by molar-refractivity contribution is 9.10. The van der Waals surface area contributed by atoms with Crippen molar-refractivity contribution in [3.63, 3.8) is 0 Å². The normalized spacial score (nSPS) is 10.8. The number of fused-ring (bicyclic) bond motifs is 1. The predicted molar refractivity (Wildman–Crippen MR) is 104 cm³/mol. The summed E-state index contributed by atoms with van der Waals surface area (Å²) in [6.07, 6.45) is 3.50. The van der Waals surface area contributed by atoms with Crippen LogP contribution in [0.4, 0.5) is 17.5 Å². The zero-order chi connectivity index (χ0) is 17.1. The van der Waals surface area contributed by atoms with E-state index in [0.717, 1.165) is 26.1 Å². The van der Waals surface area contributed by atoms with Gasteiger partial charge in [-0.2, -0.15) is 4.98 Å². The fourth-order valence-electron chi connectivity index (χ4n) is 2.29. The van der Waals surface area contributed by atoms with E-state index in [-0.39, 0.29) is 0 Å². The number of anilines is 3. The van der Waals surface area contributed by atoms with E-state index in [4.69, 9.17) is 0 Å². The summed E-state index contributed by atoms with van der Waals surface area (Å²) in [6, 6.07) is 11.8. The molecule has 4 aromatic rings. The van der Waals surface area contributed by atoms with E-state index >= 15 is 0 Å². The highest BCUT2D eigenvalue weighted by Crippen LogP contribution is 2.25. The standard InChI is InChI=1S/C17H13BrN6S/c18-13-9-21-17(23-11-4-5-14-15(7-11)25-10-22-14)24-16(13)20-8-12-3-1-2-6-19-12/h1-7,9-10H,8H2,(H2,20,21,23,24). The topological polar surface area (TPSA) is 75.6 Å². The van der Waals surface area contributed by atoms with Crippen LogP contribution < -0.4 is 10.6 Å². The molecule has 25 heavy (non-hydrogen) atoms. The lowest BCUT2D eigenvalue weighted by Gasteiger charge is -2.10. The molecule has 0 aliphatic rings. The van der Waals surface area contributed by atoms with Gasteiger partial charge in [-0.3, -0.25) is 4.98 Å². The number of nitrogens with one attached hydrogen (secondary N) is 2. The summed E-state index contributed by atoms with van der Waals surface area (Å²) in [5.41, 5.74) is 4.70. The summed E-state index contributed by atoms with van der Waals surface area (Å²) in [5, 5.41) is 6.50. The summed E-state index contributed by atoms with van der Waals surface area (Å²) >= 11 is 5.08. The third kappa shape index (κ3) is 3.75. The van der Waals surface area contributed by atoms with Crippen LogP contribution in [0.5, 0.6) is 0 Å². The highest BCUT2D eigenvalue weighted by atomic mass is 79.9. The number of pyridine rings is 1. The number of benzene rings is 1. The monoisotopic (exact) mass is 412 g/mol. The number of nitrogens with zero attached hydrogens (tertiary/aromatic N) is 4. The van der Waals surface area contributed by atoms with E-state index in [1.165, 1.54) is 0 Å². The molecule has 0 saturated heterocycles. The second-order valence-corrected chi connectivity index (χ2v) is 6.97. The van der Waals surface area contributed by atoms with Gasteiger partial charge in [-0.25, -0.2) is 9.97 Å². The van der Waals surface area contributed by atoms with Crippen LogP contribution >= 0.6 is 27.3 Å². The van der Waals surface area contributed by atoms with Crippen LogP contribution in [0.3, 0.4) is 0 Å². The average Bonchev–Trinajstić information content (AvgIpc) is 3.11. The van der Waals surface area contributed by atoms with Gasteiger partial charge in [0.2, 0.25) is 5.95 Å². The van der Waals surface area contributed by atoms with Crippen LogP contribution in [-0.2, 0) is 6.54 Å². The fraction of sp³-hybridized carbons (Fsp3) is 0.0588. The van der Waals surface area contributed by atoms with E-state index in [0.29, 0.717) is 18.3 Å². The molecule has 4 rings (SSSR count). The van der Waals surface area contributed by atoms with Gasteiger partial charge in [0.1, 0.15) is 5.82 Å². The van der Waals surface area contributed by atoms with Crippen molar-refractivity contribution in [2.45, 2.75) is 6.54 Å². The van der Waals surface area contributed by atoms with Crippen molar-refractivity contribution in [2.75, 3.05) is 10.6 Å². The van der Waals surface area contributed by atoms with Gasteiger partial charge in [0.05, 0.1) is 32.4 Å².